The molecule has 19 heavy (non-hydrogen) atoms. The van der Waals surface area contributed by atoms with Crippen molar-refractivity contribution in [2.75, 3.05) is 7.11 Å². The smallest absolute Gasteiger partial charge is 0.326 e. The highest BCUT2D eigenvalue weighted by Gasteiger charge is 2.34. The number of methoxy groups -OCH3 is 1. The van der Waals surface area contributed by atoms with Crippen LogP contribution < -0.4 is 4.72 Å². The lowest BCUT2D eigenvalue weighted by Gasteiger charge is -2.22. The summed E-state index contributed by atoms with van der Waals surface area (Å²) >= 11 is 0. The van der Waals surface area contributed by atoms with Gasteiger partial charge in [-0.1, -0.05) is 19.1 Å². The van der Waals surface area contributed by atoms with Gasteiger partial charge in [0.15, 0.2) is 0 Å². The predicted octanol–water partition coefficient (Wildman–Crippen LogP) is 1.48. The minimum Gasteiger partial charge on any atom is -0.468 e. The summed E-state index contributed by atoms with van der Waals surface area (Å²) in [6.45, 7) is 4.90. The molecule has 0 aliphatic rings. The Bertz CT molecular complexity index is 547. The van der Waals surface area contributed by atoms with E-state index >= 15 is 0 Å². The summed E-state index contributed by atoms with van der Waals surface area (Å²) in [4.78, 5) is 11.6. The summed E-state index contributed by atoms with van der Waals surface area (Å²) in [5, 5.41) is 0. The van der Waals surface area contributed by atoms with E-state index in [2.05, 4.69) is 9.46 Å². The molecule has 1 aromatic rings. The highest BCUT2D eigenvalue weighted by atomic mass is 32.2. The Hall–Kier alpha value is -1.40. The molecule has 0 bridgehead atoms. The first-order valence-corrected chi connectivity index (χ1v) is 7.42. The van der Waals surface area contributed by atoms with Gasteiger partial charge in [0.1, 0.15) is 5.54 Å². The fraction of sp³-hybridized carbons (Fsp3) is 0.462. The van der Waals surface area contributed by atoms with Crippen LogP contribution in [0.1, 0.15) is 26.3 Å². The summed E-state index contributed by atoms with van der Waals surface area (Å²) in [7, 11) is -2.53. The Labute approximate surface area is 114 Å². The SMILES string of the molecule is CCc1ccc(S(=O)(=O)NC(C)(C)C(=O)OC)cc1. The van der Waals surface area contributed by atoms with Gasteiger partial charge >= 0.3 is 5.97 Å². The average Bonchev–Trinajstić information content (AvgIpc) is 2.36. The monoisotopic (exact) mass is 285 g/mol. The van der Waals surface area contributed by atoms with Crippen LogP contribution in [0.4, 0.5) is 0 Å². The summed E-state index contributed by atoms with van der Waals surface area (Å²) in [6.07, 6.45) is 0.835. The van der Waals surface area contributed by atoms with Gasteiger partial charge in [-0.2, -0.15) is 4.72 Å². The molecule has 1 aromatic carbocycles. The average molecular weight is 285 g/mol. The van der Waals surface area contributed by atoms with Gasteiger partial charge in [0, 0.05) is 0 Å². The van der Waals surface area contributed by atoms with Crippen LogP contribution in [0.25, 0.3) is 0 Å². The van der Waals surface area contributed by atoms with Crippen molar-refractivity contribution in [3.63, 3.8) is 0 Å². The van der Waals surface area contributed by atoms with Crippen LogP contribution in [-0.4, -0.2) is 27.0 Å². The van der Waals surface area contributed by atoms with Crippen LogP contribution in [0.15, 0.2) is 29.2 Å². The van der Waals surface area contributed by atoms with E-state index in [0.29, 0.717) is 0 Å². The Morgan fingerprint density at radius 2 is 1.79 bits per heavy atom. The fourth-order valence-electron chi connectivity index (χ4n) is 1.60. The topological polar surface area (TPSA) is 72.5 Å². The number of aryl methyl sites for hydroxylation is 1. The van der Waals surface area contributed by atoms with Gasteiger partial charge in [0.2, 0.25) is 10.0 Å². The molecule has 0 aliphatic heterocycles. The van der Waals surface area contributed by atoms with E-state index in [0.717, 1.165) is 12.0 Å². The van der Waals surface area contributed by atoms with Gasteiger partial charge in [0.05, 0.1) is 12.0 Å². The maximum absolute atomic E-state index is 12.1. The van der Waals surface area contributed by atoms with E-state index in [9.17, 15) is 13.2 Å². The van der Waals surface area contributed by atoms with Crippen molar-refractivity contribution in [1.29, 1.82) is 0 Å². The van der Waals surface area contributed by atoms with Crippen LogP contribution >= 0.6 is 0 Å². The number of rotatable bonds is 5. The number of hydrogen-bond acceptors (Lipinski definition) is 4. The van der Waals surface area contributed by atoms with Crippen LogP contribution in [-0.2, 0) is 26.0 Å². The number of sulfonamides is 1. The fourth-order valence-corrected chi connectivity index (χ4v) is 2.96. The zero-order chi connectivity index (χ0) is 14.7. The standard InChI is InChI=1S/C13H19NO4S/c1-5-10-6-8-11(9-7-10)19(16,17)14-13(2,3)12(15)18-4/h6-9,14H,5H2,1-4H3. The van der Waals surface area contributed by atoms with E-state index in [4.69, 9.17) is 0 Å². The third-order valence-electron chi connectivity index (χ3n) is 2.73. The van der Waals surface area contributed by atoms with Crippen LogP contribution in [0.2, 0.25) is 0 Å². The largest absolute Gasteiger partial charge is 0.468 e. The number of esters is 1. The van der Waals surface area contributed by atoms with Crippen molar-refractivity contribution < 1.29 is 17.9 Å². The maximum Gasteiger partial charge on any atom is 0.326 e. The highest BCUT2D eigenvalue weighted by Crippen LogP contribution is 2.15. The van der Waals surface area contributed by atoms with Crippen molar-refractivity contribution in [3.8, 4) is 0 Å². The lowest BCUT2D eigenvalue weighted by Crippen LogP contribution is -2.50. The second-order valence-electron chi connectivity index (χ2n) is 4.72. The molecule has 0 saturated heterocycles. The van der Waals surface area contributed by atoms with Crippen molar-refractivity contribution in [3.05, 3.63) is 29.8 Å². The predicted molar refractivity (Wildman–Crippen MR) is 72.2 cm³/mol. The number of ether oxygens (including phenoxy) is 1. The molecule has 0 aliphatic carbocycles. The molecule has 0 heterocycles. The molecule has 0 radical (unpaired) electrons. The van der Waals surface area contributed by atoms with Crippen molar-refractivity contribution in [2.24, 2.45) is 0 Å². The number of hydrogen-bond donors (Lipinski definition) is 1. The van der Waals surface area contributed by atoms with E-state index in [1.165, 1.54) is 33.1 Å². The van der Waals surface area contributed by atoms with E-state index in [1.807, 2.05) is 6.92 Å². The van der Waals surface area contributed by atoms with Gasteiger partial charge in [0.25, 0.3) is 0 Å². The molecule has 0 saturated carbocycles. The lowest BCUT2D eigenvalue weighted by molar-refractivity contribution is -0.146. The van der Waals surface area contributed by atoms with E-state index in [1.54, 1.807) is 12.1 Å². The van der Waals surface area contributed by atoms with Crippen LogP contribution in [0.5, 0.6) is 0 Å². The Balaban J connectivity index is 3.01. The molecule has 1 N–H and O–H groups in total. The number of nitrogens with one attached hydrogen (secondary N) is 1. The van der Waals surface area contributed by atoms with E-state index in [-0.39, 0.29) is 4.90 Å². The van der Waals surface area contributed by atoms with Gasteiger partial charge in [-0.15, -0.1) is 0 Å². The Morgan fingerprint density at radius 1 is 1.26 bits per heavy atom. The molecule has 0 amide bonds. The molecule has 1 rings (SSSR count). The third-order valence-corrected chi connectivity index (χ3v) is 4.40. The highest BCUT2D eigenvalue weighted by molar-refractivity contribution is 7.89. The molecule has 0 fully saturated rings. The molecule has 0 spiro atoms. The van der Waals surface area contributed by atoms with Gasteiger partial charge in [-0.05, 0) is 38.0 Å². The quantitative estimate of drug-likeness (QED) is 0.832. The molecule has 0 unspecified atom stereocenters. The van der Waals surface area contributed by atoms with Gasteiger partial charge in [-0.3, -0.25) is 4.79 Å². The molecular formula is C13H19NO4S. The molecule has 0 atom stereocenters. The summed E-state index contributed by atoms with van der Waals surface area (Å²) < 4.78 is 31.2. The Kier molecular flexibility index (Phi) is 4.70. The zero-order valence-electron chi connectivity index (χ0n) is 11.6. The van der Waals surface area contributed by atoms with Crippen molar-refractivity contribution in [2.45, 2.75) is 37.6 Å². The van der Waals surface area contributed by atoms with Gasteiger partial charge in [-0.25, -0.2) is 8.42 Å². The number of carbonyl (C=O) groups excluding carboxylic acids is 1. The van der Waals surface area contributed by atoms with Crippen molar-refractivity contribution >= 4 is 16.0 Å². The summed E-state index contributed by atoms with van der Waals surface area (Å²) in [5.74, 6) is -0.638. The maximum atomic E-state index is 12.1. The minimum atomic E-state index is -3.75. The first-order chi connectivity index (χ1) is 8.73. The summed E-state index contributed by atoms with van der Waals surface area (Å²) in [5.41, 5.74) is -0.261. The summed E-state index contributed by atoms with van der Waals surface area (Å²) in [6, 6.07) is 6.54. The van der Waals surface area contributed by atoms with Crippen molar-refractivity contribution in [1.82, 2.24) is 4.72 Å². The van der Waals surface area contributed by atoms with Crippen LogP contribution in [0.3, 0.4) is 0 Å². The van der Waals surface area contributed by atoms with Crippen LogP contribution in [0, 0.1) is 0 Å². The lowest BCUT2D eigenvalue weighted by atomic mass is 10.1. The third kappa shape index (κ3) is 3.78. The van der Waals surface area contributed by atoms with E-state index < -0.39 is 21.5 Å². The zero-order valence-corrected chi connectivity index (χ0v) is 12.4. The normalized spacial score (nSPS) is 12.2. The molecular weight excluding hydrogens is 266 g/mol. The number of carbonyl (C=O) groups is 1. The first-order valence-electron chi connectivity index (χ1n) is 5.94. The first kappa shape index (κ1) is 15.7. The molecule has 6 heteroatoms. The second kappa shape index (κ2) is 5.71. The number of benzene rings is 1. The second-order valence-corrected chi connectivity index (χ2v) is 6.40. The molecule has 5 nitrogen and oxygen atoms in total. The molecule has 106 valence electrons. The minimum absolute atomic E-state index is 0.127. The Morgan fingerprint density at radius 3 is 2.21 bits per heavy atom. The molecule has 0 aromatic heterocycles. The van der Waals surface area contributed by atoms with Gasteiger partial charge < -0.3 is 4.74 Å².